The molecule has 12 aromatic carbocycles. The Morgan fingerprint density at radius 3 is 1.64 bits per heavy atom. The minimum Gasteiger partial charge on any atom is -0.456 e. The Kier molecular flexibility index (Phi) is 9.97. The van der Waals surface area contributed by atoms with Crippen LogP contribution in [0.5, 0.6) is 11.5 Å². The van der Waals surface area contributed by atoms with Crippen LogP contribution in [-0.2, 0) is 5.41 Å². The number of benzene rings is 12. The van der Waals surface area contributed by atoms with Crippen LogP contribution in [0.1, 0.15) is 22.3 Å². The van der Waals surface area contributed by atoms with E-state index in [0.29, 0.717) is 0 Å². The topological polar surface area (TPSA) is 15.7 Å². The zero-order valence-electron chi connectivity index (χ0n) is 40.8. The van der Waals surface area contributed by atoms with Crippen LogP contribution in [0, 0.1) is 0 Å². The van der Waals surface area contributed by atoms with E-state index in [0.717, 1.165) is 67.5 Å². The van der Waals surface area contributed by atoms with Gasteiger partial charge in [0.15, 0.2) is 0 Å². The number of para-hydroxylation sites is 2. The number of anilines is 6. The van der Waals surface area contributed by atoms with Gasteiger partial charge in [0.05, 0.1) is 15.8 Å². The summed E-state index contributed by atoms with van der Waals surface area (Å²) < 4.78 is 9.47. The normalized spacial score (nSPS) is 14.0. The van der Waals surface area contributed by atoms with Crippen molar-refractivity contribution < 1.29 is 4.74 Å². The van der Waals surface area contributed by atoms with E-state index in [4.69, 9.17) is 4.74 Å². The van der Waals surface area contributed by atoms with Crippen molar-refractivity contribution in [3.05, 3.63) is 301 Å². The van der Waals surface area contributed by atoms with Crippen LogP contribution in [0.25, 0.3) is 64.3 Å². The fourth-order valence-corrected chi connectivity index (χ4v) is 13.4. The van der Waals surface area contributed by atoms with Crippen LogP contribution in [0.4, 0.5) is 34.1 Å². The van der Waals surface area contributed by atoms with Gasteiger partial charge in [-0.15, -0.1) is 11.3 Å². The second kappa shape index (κ2) is 17.3. The highest BCUT2D eigenvalue weighted by atomic mass is 32.1. The molecule has 0 saturated carbocycles. The van der Waals surface area contributed by atoms with Gasteiger partial charge >= 0.3 is 0 Å². The van der Waals surface area contributed by atoms with Crippen molar-refractivity contribution in [2.24, 2.45) is 0 Å². The van der Waals surface area contributed by atoms with Crippen LogP contribution in [0.15, 0.2) is 279 Å². The first-order chi connectivity index (χ1) is 37.2. The average Bonchev–Trinajstić information content (AvgIpc) is 4.20. The highest BCUT2D eigenvalue weighted by molar-refractivity contribution is 7.26. The molecular weight excluding hydrogens is 929 g/mol. The number of hydrogen-bond acceptors (Lipinski definition) is 4. The molecule has 4 heteroatoms. The quantitative estimate of drug-likeness (QED) is 0.151. The number of nitrogens with zero attached hydrogens (tertiary/aromatic N) is 2. The summed E-state index contributed by atoms with van der Waals surface area (Å²) in [6, 6.07) is 102. The maximum absolute atomic E-state index is 7.01. The summed E-state index contributed by atoms with van der Waals surface area (Å²) in [6.07, 6.45) is 0. The molecule has 1 spiro atoms. The molecule has 0 bridgehead atoms. The van der Waals surface area contributed by atoms with Crippen LogP contribution in [0.3, 0.4) is 0 Å². The van der Waals surface area contributed by atoms with Gasteiger partial charge in [-0.3, -0.25) is 0 Å². The summed E-state index contributed by atoms with van der Waals surface area (Å²) in [5, 5.41) is 4.71. The Labute approximate surface area is 440 Å². The van der Waals surface area contributed by atoms with Gasteiger partial charge in [-0.25, -0.2) is 0 Å². The third-order valence-electron chi connectivity index (χ3n) is 15.5. The lowest BCUT2D eigenvalue weighted by atomic mass is 9.65. The van der Waals surface area contributed by atoms with E-state index >= 15 is 0 Å². The Morgan fingerprint density at radius 2 is 0.880 bits per heavy atom. The molecule has 1 unspecified atom stereocenters. The zero-order chi connectivity index (χ0) is 49.5. The predicted molar refractivity (Wildman–Crippen MR) is 314 cm³/mol. The average molecular weight is 975 g/mol. The van der Waals surface area contributed by atoms with Crippen molar-refractivity contribution in [3.63, 3.8) is 0 Å². The molecule has 1 aliphatic heterocycles. The molecule has 3 nitrogen and oxygen atoms in total. The minimum absolute atomic E-state index is 0.633. The monoisotopic (exact) mass is 974 g/mol. The maximum atomic E-state index is 7.01. The van der Waals surface area contributed by atoms with Gasteiger partial charge in [-0.05, 0) is 129 Å². The van der Waals surface area contributed by atoms with Gasteiger partial charge in [-0.1, -0.05) is 200 Å². The number of ether oxygens (including phenoxy) is 1. The van der Waals surface area contributed by atoms with Crippen LogP contribution in [0.2, 0.25) is 0 Å². The van der Waals surface area contributed by atoms with Crippen molar-refractivity contribution in [3.8, 4) is 44.9 Å². The molecule has 1 aromatic heterocycles. The third-order valence-corrected chi connectivity index (χ3v) is 16.7. The Balaban J connectivity index is 0.921. The van der Waals surface area contributed by atoms with E-state index in [1.165, 1.54) is 64.7 Å². The lowest BCUT2D eigenvalue weighted by Gasteiger charge is -2.40. The predicted octanol–water partition coefficient (Wildman–Crippen LogP) is 20.0. The Morgan fingerprint density at radius 1 is 0.320 bits per heavy atom. The summed E-state index contributed by atoms with van der Waals surface area (Å²) in [4.78, 5) is 4.88. The second-order valence-corrected chi connectivity index (χ2v) is 20.6. The van der Waals surface area contributed by atoms with Gasteiger partial charge in [-0.2, -0.15) is 0 Å². The van der Waals surface area contributed by atoms with Gasteiger partial charge in [0.1, 0.15) is 11.5 Å². The molecule has 0 amide bonds. The van der Waals surface area contributed by atoms with Crippen molar-refractivity contribution in [2.75, 3.05) is 9.80 Å². The summed E-state index contributed by atoms with van der Waals surface area (Å²) in [6.45, 7) is 0. The molecule has 1 aliphatic carbocycles. The van der Waals surface area contributed by atoms with E-state index in [-0.39, 0.29) is 0 Å². The van der Waals surface area contributed by atoms with Gasteiger partial charge in [0.25, 0.3) is 0 Å². The van der Waals surface area contributed by atoms with E-state index in [2.05, 4.69) is 289 Å². The van der Waals surface area contributed by atoms with Crippen LogP contribution in [-0.4, -0.2) is 0 Å². The molecular formula is C71H46N2OS. The highest BCUT2D eigenvalue weighted by Gasteiger charge is 2.51. The molecule has 0 N–H and O–H groups in total. The highest BCUT2D eigenvalue weighted by Crippen LogP contribution is 2.64. The molecule has 13 aromatic rings. The first-order valence-corrected chi connectivity index (χ1v) is 26.5. The lowest BCUT2D eigenvalue weighted by molar-refractivity contribution is 0.441. The van der Waals surface area contributed by atoms with Gasteiger partial charge < -0.3 is 14.5 Å². The van der Waals surface area contributed by atoms with Gasteiger partial charge in [0, 0.05) is 60.4 Å². The Bertz CT molecular complexity index is 4270. The van der Waals surface area contributed by atoms with Crippen molar-refractivity contribution >= 4 is 76.4 Å². The van der Waals surface area contributed by atoms with Crippen molar-refractivity contribution in [1.29, 1.82) is 0 Å². The van der Waals surface area contributed by atoms with E-state index in [9.17, 15) is 0 Å². The van der Waals surface area contributed by atoms with E-state index < -0.39 is 5.41 Å². The van der Waals surface area contributed by atoms with Gasteiger partial charge in [0.2, 0.25) is 0 Å². The first-order valence-electron chi connectivity index (χ1n) is 25.6. The molecule has 75 heavy (non-hydrogen) atoms. The van der Waals surface area contributed by atoms with Crippen molar-refractivity contribution in [2.45, 2.75) is 5.41 Å². The second-order valence-electron chi connectivity index (χ2n) is 19.6. The van der Waals surface area contributed by atoms with Crippen molar-refractivity contribution in [1.82, 2.24) is 0 Å². The zero-order valence-corrected chi connectivity index (χ0v) is 41.6. The number of rotatable bonds is 8. The number of thiophene rings is 1. The Hall–Kier alpha value is -9.48. The largest absolute Gasteiger partial charge is 0.456 e. The minimum atomic E-state index is -0.633. The summed E-state index contributed by atoms with van der Waals surface area (Å²) >= 11 is 1.86. The first kappa shape index (κ1) is 43.1. The molecule has 1 atom stereocenters. The summed E-state index contributed by atoms with van der Waals surface area (Å²) in [5.74, 6) is 1.80. The molecule has 0 radical (unpaired) electrons. The molecule has 352 valence electrons. The summed E-state index contributed by atoms with van der Waals surface area (Å²) in [5.41, 5.74) is 18.0. The maximum Gasteiger partial charge on any atom is 0.140 e. The lowest BCUT2D eigenvalue weighted by Crippen LogP contribution is -2.32. The summed E-state index contributed by atoms with van der Waals surface area (Å²) in [7, 11) is 0. The SMILES string of the molecule is c1ccc(-c2cccc(N(c3cccc(-c4ccccc4)c3)c3ccc4sc5c(N(c6ccccc6)c6ccc7c(c6)C6(c8ccccc8Oc8c6ccc6ccccc86)c6ccccc6-7)cccc5c4c3)c2)cc1. The third kappa shape index (κ3) is 6.80. The fraction of sp³-hybridized carbons (Fsp3) is 0.0141. The van der Waals surface area contributed by atoms with E-state index in [1.54, 1.807) is 0 Å². The molecule has 2 aliphatic rings. The standard InChI is InChI=1S/C71H46N2OS/c1-4-19-47(20-5-1)50-24-16-28-53(43-50)72(54-29-17-25-51(44-54)48-21-6-2-7-22-48)55-39-42-68-61(45-55)60-32-18-35-66(70(60)75-68)73(52-26-8-3-9-27-52)56-38-40-59-58-31-12-13-33-62(58)71(65(59)46-56)63-34-14-15-36-67(63)74-69-57-30-11-10-23-49(57)37-41-64(69)71/h1-46H. The molecule has 0 fully saturated rings. The van der Waals surface area contributed by atoms with Crippen LogP contribution >= 0.6 is 11.3 Å². The molecule has 2 heterocycles. The van der Waals surface area contributed by atoms with E-state index in [1.807, 2.05) is 11.3 Å². The van der Waals surface area contributed by atoms with Crippen LogP contribution < -0.4 is 14.5 Å². The number of hydrogen-bond donors (Lipinski definition) is 0. The molecule has 15 rings (SSSR count). The number of fused-ring (bicyclic) bond motifs is 14. The molecule has 0 saturated heterocycles. The fourth-order valence-electron chi connectivity index (χ4n) is 12.2. The smallest absolute Gasteiger partial charge is 0.140 e.